The minimum absolute atomic E-state index is 0.0944. The third kappa shape index (κ3) is 3.51. The van der Waals surface area contributed by atoms with E-state index in [1.807, 2.05) is 12.1 Å². The van der Waals surface area contributed by atoms with Gasteiger partial charge < -0.3 is 14.7 Å². The average molecular weight is 456 g/mol. The number of anilines is 1. The van der Waals surface area contributed by atoms with Gasteiger partial charge in [-0.1, -0.05) is 18.2 Å². The number of aromatic amines is 2. The highest BCUT2D eigenvalue weighted by Gasteiger charge is 2.25. The van der Waals surface area contributed by atoms with Crippen molar-refractivity contribution in [1.82, 2.24) is 24.7 Å². The predicted molar refractivity (Wildman–Crippen MR) is 125 cm³/mol. The van der Waals surface area contributed by atoms with Crippen LogP contribution >= 0.6 is 0 Å². The number of hydrogen-bond donors (Lipinski definition) is 3. The van der Waals surface area contributed by atoms with E-state index in [0.29, 0.717) is 39.4 Å². The molecule has 0 fully saturated rings. The Morgan fingerprint density at radius 2 is 1.85 bits per heavy atom. The number of ketones is 1. The fraction of sp³-hybridized carbons (Fsp3) is 0.125. The lowest BCUT2D eigenvalue weighted by atomic mass is 10.1. The standard InChI is InChI=1S/C24H20N6O4/c1-12-13(2)26-24(28-22(12)32)30-19(11-17(29-30)18-9-6-10-34-18)27-23(33)21(31)20-14(3)25-16-8-5-4-7-15(16)20/h4-11,25H,1-3H3,(H,27,33)(H,26,28,32). The maximum absolute atomic E-state index is 13.1. The lowest BCUT2D eigenvalue weighted by Gasteiger charge is -2.09. The van der Waals surface area contributed by atoms with Gasteiger partial charge in [0.25, 0.3) is 17.2 Å². The number of carbonyl (C=O) groups excluding carboxylic acids is 2. The molecule has 1 amide bonds. The quantitative estimate of drug-likeness (QED) is 0.273. The highest BCUT2D eigenvalue weighted by atomic mass is 16.3. The molecule has 0 saturated heterocycles. The van der Waals surface area contributed by atoms with Crippen molar-refractivity contribution < 1.29 is 14.0 Å². The predicted octanol–water partition coefficient (Wildman–Crippen LogP) is 3.44. The first kappa shape index (κ1) is 21.1. The number of aryl methyl sites for hydroxylation is 2. The number of fused-ring (bicyclic) bond motifs is 1. The summed E-state index contributed by atoms with van der Waals surface area (Å²) in [5, 5.41) is 7.71. The number of nitrogens with one attached hydrogen (secondary N) is 3. The second-order valence-corrected chi connectivity index (χ2v) is 7.86. The highest BCUT2D eigenvalue weighted by Crippen LogP contribution is 2.26. The first-order valence-corrected chi connectivity index (χ1v) is 10.5. The molecule has 3 N–H and O–H groups in total. The third-order valence-corrected chi connectivity index (χ3v) is 5.63. The summed E-state index contributed by atoms with van der Waals surface area (Å²) in [6, 6.07) is 12.2. The molecule has 0 aliphatic rings. The maximum atomic E-state index is 13.1. The van der Waals surface area contributed by atoms with Gasteiger partial charge >= 0.3 is 0 Å². The molecule has 1 aromatic carbocycles. The Balaban J connectivity index is 1.56. The molecular weight excluding hydrogens is 436 g/mol. The van der Waals surface area contributed by atoms with Gasteiger partial charge in [-0.25, -0.2) is 4.98 Å². The smallest absolute Gasteiger partial charge is 0.298 e. The second kappa shape index (κ2) is 8.00. The van der Waals surface area contributed by atoms with Crippen LogP contribution in [-0.4, -0.2) is 36.4 Å². The summed E-state index contributed by atoms with van der Waals surface area (Å²) in [6.45, 7) is 5.10. The monoisotopic (exact) mass is 456 g/mol. The Kier molecular flexibility index (Phi) is 4.97. The van der Waals surface area contributed by atoms with Crippen molar-refractivity contribution in [2.45, 2.75) is 20.8 Å². The molecule has 4 aromatic heterocycles. The van der Waals surface area contributed by atoms with Crippen LogP contribution in [0.15, 0.2) is 57.9 Å². The zero-order valence-corrected chi connectivity index (χ0v) is 18.6. The molecule has 0 aliphatic carbocycles. The van der Waals surface area contributed by atoms with Crippen LogP contribution in [0, 0.1) is 20.8 Å². The fourth-order valence-electron chi connectivity index (χ4n) is 3.76. The summed E-state index contributed by atoms with van der Waals surface area (Å²) in [5.74, 6) is -0.875. The van der Waals surface area contributed by atoms with Crippen LogP contribution < -0.4 is 10.9 Å². The van der Waals surface area contributed by atoms with E-state index in [9.17, 15) is 14.4 Å². The van der Waals surface area contributed by atoms with Gasteiger partial charge in [-0.3, -0.25) is 19.4 Å². The van der Waals surface area contributed by atoms with Crippen molar-refractivity contribution in [3.63, 3.8) is 0 Å². The van der Waals surface area contributed by atoms with E-state index >= 15 is 0 Å². The molecule has 10 heteroatoms. The zero-order chi connectivity index (χ0) is 24.0. The number of aromatic nitrogens is 5. The first-order valence-electron chi connectivity index (χ1n) is 10.5. The van der Waals surface area contributed by atoms with Crippen molar-refractivity contribution in [3.8, 4) is 17.4 Å². The maximum Gasteiger partial charge on any atom is 0.298 e. The largest absolute Gasteiger partial charge is 0.463 e. The normalized spacial score (nSPS) is 11.1. The van der Waals surface area contributed by atoms with Crippen LogP contribution in [0.3, 0.4) is 0 Å². The van der Waals surface area contributed by atoms with E-state index in [1.165, 1.54) is 10.9 Å². The van der Waals surface area contributed by atoms with E-state index in [0.717, 1.165) is 5.52 Å². The molecule has 0 spiro atoms. The summed E-state index contributed by atoms with van der Waals surface area (Å²) in [7, 11) is 0. The highest BCUT2D eigenvalue weighted by molar-refractivity contribution is 6.48. The number of carbonyl (C=O) groups is 2. The Labute approximate surface area is 192 Å². The molecule has 5 aromatic rings. The van der Waals surface area contributed by atoms with Gasteiger partial charge in [-0.05, 0) is 39.0 Å². The van der Waals surface area contributed by atoms with Crippen LogP contribution in [0.4, 0.5) is 5.82 Å². The molecular formula is C24H20N6O4. The summed E-state index contributed by atoms with van der Waals surface area (Å²) >= 11 is 0. The molecule has 0 atom stereocenters. The SMILES string of the molecule is Cc1nc(-n2nc(-c3ccco3)cc2NC(=O)C(=O)c2c(C)[nH]c3ccccc23)[nH]c(=O)c1C. The molecule has 5 rings (SSSR count). The van der Waals surface area contributed by atoms with Gasteiger partial charge in [0.1, 0.15) is 11.5 Å². The van der Waals surface area contributed by atoms with Crippen LogP contribution in [0.25, 0.3) is 28.3 Å². The van der Waals surface area contributed by atoms with Gasteiger partial charge in [0.2, 0.25) is 5.95 Å². The molecule has 170 valence electrons. The van der Waals surface area contributed by atoms with E-state index < -0.39 is 11.7 Å². The first-order chi connectivity index (χ1) is 16.3. The second-order valence-electron chi connectivity index (χ2n) is 7.86. The summed E-state index contributed by atoms with van der Waals surface area (Å²) < 4.78 is 6.68. The van der Waals surface area contributed by atoms with Crippen molar-refractivity contribution in [3.05, 3.63) is 81.6 Å². The fourth-order valence-corrected chi connectivity index (χ4v) is 3.76. The lowest BCUT2D eigenvalue weighted by molar-refractivity contribution is -0.112. The van der Waals surface area contributed by atoms with Crippen molar-refractivity contribution >= 4 is 28.4 Å². The van der Waals surface area contributed by atoms with Crippen LogP contribution in [0.5, 0.6) is 0 Å². The Morgan fingerprint density at radius 1 is 1.06 bits per heavy atom. The van der Waals surface area contributed by atoms with Gasteiger partial charge in [-0.2, -0.15) is 9.78 Å². The van der Waals surface area contributed by atoms with E-state index in [2.05, 4.69) is 25.4 Å². The Bertz CT molecular complexity index is 1620. The summed E-state index contributed by atoms with van der Waals surface area (Å²) in [6.07, 6.45) is 1.49. The molecule has 0 aliphatic heterocycles. The number of amides is 1. The average Bonchev–Trinajstić information content (AvgIpc) is 3.54. The topological polar surface area (TPSA) is 139 Å². The van der Waals surface area contributed by atoms with E-state index in [4.69, 9.17) is 4.42 Å². The molecule has 34 heavy (non-hydrogen) atoms. The minimum atomic E-state index is -0.855. The number of benzene rings is 1. The minimum Gasteiger partial charge on any atom is -0.463 e. The molecule has 0 unspecified atom stereocenters. The summed E-state index contributed by atoms with van der Waals surface area (Å²) in [4.78, 5) is 48.7. The zero-order valence-electron chi connectivity index (χ0n) is 18.6. The third-order valence-electron chi connectivity index (χ3n) is 5.63. The summed E-state index contributed by atoms with van der Waals surface area (Å²) in [5.41, 5.74) is 2.68. The number of Topliss-reactive ketones (excluding diaryl/α,β-unsaturated/α-hetero) is 1. The lowest BCUT2D eigenvalue weighted by Crippen LogP contribution is -2.26. The van der Waals surface area contributed by atoms with Gasteiger partial charge in [0, 0.05) is 33.9 Å². The number of nitrogens with zero attached hydrogens (tertiary/aromatic N) is 3. The van der Waals surface area contributed by atoms with Crippen LogP contribution in [0.2, 0.25) is 0 Å². The molecule has 0 radical (unpaired) electrons. The van der Waals surface area contributed by atoms with Crippen molar-refractivity contribution in [1.29, 1.82) is 0 Å². The van der Waals surface area contributed by atoms with Gasteiger partial charge in [-0.15, -0.1) is 0 Å². The van der Waals surface area contributed by atoms with E-state index in [-0.39, 0.29) is 17.3 Å². The molecule has 10 nitrogen and oxygen atoms in total. The van der Waals surface area contributed by atoms with E-state index in [1.54, 1.807) is 51.1 Å². The number of rotatable bonds is 5. The van der Waals surface area contributed by atoms with Gasteiger partial charge in [0.15, 0.2) is 5.76 Å². The Hall–Kier alpha value is -4.73. The molecule has 0 bridgehead atoms. The number of furan rings is 1. The molecule has 4 heterocycles. The van der Waals surface area contributed by atoms with Crippen molar-refractivity contribution in [2.24, 2.45) is 0 Å². The van der Waals surface area contributed by atoms with Crippen molar-refractivity contribution in [2.75, 3.05) is 5.32 Å². The molecule has 0 saturated carbocycles. The Morgan fingerprint density at radius 3 is 2.59 bits per heavy atom. The number of para-hydroxylation sites is 1. The van der Waals surface area contributed by atoms with Crippen LogP contribution in [0.1, 0.15) is 27.3 Å². The number of H-pyrrole nitrogens is 2. The van der Waals surface area contributed by atoms with Crippen LogP contribution in [-0.2, 0) is 4.79 Å². The van der Waals surface area contributed by atoms with Gasteiger partial charge in [0.05, 0.1) is 11.8 Å². The number of hydrogen-bond acceptors (Lipinski definition) is 6.